The fraction of sp³-hybridized carbons (Fsp3) is 0.800. The molecule has 0 bridgehead atoms. The molecule has 2 atom stereocenters. The van der Waals surface area contributed by atoms with Crippen molar-refractivity contribution >= 4 is 5.91 Å². The van der Waals surface area contributed by atoms with E-state index in [1.807, 2.05) is 4.90 Å². The standard InChI is InChI=1S/C15H25N5O2/c1-2-13-9-19(10-14(13)18-5-7-22-8-6-18)15(21)3-4-20-12-16-11-17-20/h11-14H,2-10H2,1H3/t13-,14+/m1/s1. The zero-order chi connectivity index (χ0) is 15.4. The van der Waals surface area contributed by atoms with Crippen molar-refractivity contribution in [3.05, 3.63) is 12.7 Å². The number of aromatic nitrogens is 3. The van der Waals surface area contributed by atoms with Crippen molar-refractivity contribution < 1.29 is 9.53 Å². The van der Waals surface area contributed by atoms with Crippen molar-refractivity contribution in [2.24, 2.45) is 5.92 Å². The smallest absolute Gasteiger partial charge is 0.224 e. The minimum absolute atomic E-state index is 0.227. The van der Waals surface area contributed by atoms with Gasteiger partial charge in [0, 0.05) is 38.6 Å². The second-order valence-electron chi connectivity index (χ2n) is 6.09. The van der Waals surface area contributed by atoms with Gasteiger partial charge in [0.05, 0.1) is 19.8 Å². The Balaban J connectivity index is 1.54. The van der Waals surface area contributed by atoms with Crippen LogP contribution >= 0.6 is 0 Å². The van der Waals surface area contributed by atoms with Crippen molar-refractivity contribution in [2.75, 3.05) is 39.4 Å². The lowest BCUT2D eigenvalue weighted by Gasteiger charge is -2.34. The van der Waals surface area contributed by atoms with Gasteiger partial charge in [-0.05, 0) is 5.92 Å². The second kappa shape index (κ2) is 7.19. The molecule has 0 saturated carbocycles. The Morgan fingerprint density at radius 1 is 1.32 bits per heavy atom. The highest BCUT2D eigenvalue weighted by atomic mass is 16.5. The molecule has 2 aliphatic rings. The predicted octanol–water partition coefficient (Wildman–Crippen LogP) is 0.237. The number of rotatable bonds is 5. The van der Waals surface area contributed by atoms with E-state index in [-0.39, 0.29) is 5.91 Å². The fourth-order valence-electron chi connectivity index (χ4n) is 3.50. The van der Waals surface area contributed by atoms with E-state index in [2.05, 4.69) is 21.9 Å². The van der Waals surface area contributed by atoms with Gasteiger partial charge in [0.25, 0.3) is 0 Å². The van der Waals surface area contributed by atoms with Crippen LogP contribution < -0.4 is 0 Å². The lowest BCUT2D eigenvalue weighted by molar-refractivity contribution is -0.130. The molecule has 0 aliphatic carbocycles. The molecular formula is C15H25N5O2. The van der Waals surface area contributed by atoms with Crippen molar-refractivity contribution in [3.8, 4) is 0 Å². The number of carbonyl (C=O) groups is 1. The third kappa shape index (κ3) is 3.47. The van der Waals surface area contributed by atoms with E-state index in [1.165, 1.54) is 6.33 Å². The van der Waals surface area contributed by atoms with Crippen molar-refractivity contribution in [2.45, 2.75) is 32.4 Å². The summed E-state index contributed by atoms with van der Waals surface area (Å²) in [5.74, 6) is 0.804. The molecule has 2 aliphatic heterocycles. The normalized spacial score (nSPS) is 26.5. The van der Waals surface area contributed by atoms with Crippen LogP contribution in [-0.4, -0.2) is 75.9 Å². The number of likely N-dealkylation sites (tertiary alicyclic amines) is 1. The summed E-state index contributed by atoms with van der Waals surface area (Å²) in [5.41, 5.74) is 0. The van der Waals surface area contributed by atoms with E-state index in [0.717, 1.165) is 45.8 Å². The molecule has 1 aromatic heterocycles. The maximum atomic E-state index is 12.5. The Labute approximate surface area is 131 Å². The maximum Gasteiger partial charge on any atom is 0.224 e. The first-order valence-corrected chi connectivity index (χ1v) is 8.20. The van der Waals surface area contributed by atoms with Crippen LogP contribution in [0.3, 0.4) is 0 Å². The largest absolute Gasteiger partial charge is 0.379 e. The van der Waals surface area contributed by atoms with Gasteiger partial charge in [0.2, 0.25) is 5.91 Å². The van der Waals surface area contributed by atoms with Gasteiger partial charge in [-0.2, -0.15) is 5.10 Å². The van der Waals surface area contributed by atoms with Crippen molar-refractivity contribution in [1.82, 2.24) is 24.6 Å². The molecule has 0 radical (unpaired) electrons. The van der Waals surface area contributed by atoms with Crippen molar-refractivity contribution in [1.29, 1.82) is 0 Å². The first-order valence-electron chi connectivity index (χ1n) is 8.20. The highest BCUT2D eigenvalue weighted by Crippen LogP contribution is 2.26. The van der Waals surface area contributed by atoms with Gasteiger partial charge in [0.15, 0.2) is 0 Å². The highest BCUT2D eigenvalue weighted by molar-refractivity contribution is 5.76. The maximum absolute atomic E-state index is 12.5. The molecule has 22 heavy (non-hydrogen) atoms. The molecule has 3 rings (SSSR count). The number of hydrogen-bond donors (Lipinski definition) is 0. The molecule has 1 aromatic rings. The van der Waals surface area contributed by atoms with E-state index < -0.39 is 0 Å². The Morgan fingerprint density at radius 2 is 2.14 bits per heavy atom. The van der Waals surface area contributed by atoms with Crippen LogP contribution in [0.2, 0.25) is 0 Å². The summed E-state index contributed by atoms with van der Waals surface area (Å²) in [4.78, 5) is 20.9. The molecule has 3 heterocycles. The number of nitrogens with zero attached hydrogens (tertiary/aromatic N) is 5. The molecule has 122 valence electrons. The monoisotopic (exact) mass is 307 g/mol. The first kappa shape index (κ1) is 15.4. The van der Waals surface area contributed by atoms with Crippen LogP contribution in [0.25, 0.3) is 0 Å². The number of amides is 1. The Morgan fingerprint density at radius 3 is 2.82 bits per heavy atom. The van der Waals surface area contributed by atoms with Gasteiger partial charge >= 0.3 is 0 Å². The van der Waals surface area contributed by atoms with Crippen LogP contribution in [0, 0.1) is 5.92 Å². The van der Waals surface area contributed by atoms with Gasteiger partial charge in [-0.25, -0.2) is 4.98 Å². The Kier molecular flexibility index (Phi) is 5.04. The zero-order valence-electron chi connectivity index (χ0n) is 13.2. The molecule has 0 spiro atoms. The quantitative estimate of drug-likeness (QED) is 0.779. The van der Waals surface area contributed by atoms with Gasteiger partial charge in [0.1, 0.15) is 12.7 Å². The van der Waals surface area contributed by atoms with Crippen LogP contribution in [0.5, 0.6) is 0 Å². The van der Waals surface area contributed by atoms with Crippen LogP contribution in [-0.2, 0) is 16.1 Å². The average molecular weight is 307 g/mol. The number of aryl methyl sites for hydroxylation is 1. The predicted molar refractivity (Wildman–Crippen MR) is 81.2 cm³/mol. The van der Waals surface area contributed by atoms with E-state index in [9.17, 15) is 4.79 Å². The average Bonchev–Trinajstić information content (AvgIpc) is 3.22. The van der Waals surface area contributed by atoms with Gasteiger partial charge < -0.3 is 9.64 Å². The number of ether oxygens (including phenoxy) is 1. The van der Waals surface area contributed by atoms with Crippen LogP contribution in [0.1, 0.15) is 19.8 Å². The highest BCUT2D eigenvalue weighted by Gasteiger charge is 2.37. The minimum Gasteiger partial charge on any atom is -0.379 e. The summed E-state index contributed by atoms with van der Waals surface area (Å²) in [5, 5.41) is 4.05. The topological polar surface area (TPSA) is 63.5 Å². The van der Waals surface area contributed by atoms with E-state index >= 15 is 0 Å². The molecule has 1 amide bonds. The summed E-state index contributed by atoms with van der Waals surface area (Å²) < 4.78 is 7.16. The third-order valence-corrected chi connectivity index (χ3v) is 4.82. The molecule has 0 aromatic carbocycles. The summed E-state index contributed by atoms with van der Waals surface area (Å²) in [7, 11) is 0. The molecule has 0 unspecified atom stereocenters. The van der Waals surface area contributed by atoms with Gasteiger partial charge in [-0.3, -0.25) is 14.4 Å². The SMILES string of the molecule is CC[C@@H]1CN(C(=O)CCn2cncn2)C[C@@H]1N1CCOCC1. The van der Waals surface area contributed by atoms with Crippen LogP contribution in [0.15, 0.2) is 12.7 Å². The van der Waals surface area contributed by atoms with Gasteiger partial charge in [-0.1, -0.05) is 13.3 Å². The summed E-state index contributed by atoms with van der Waals surface area (Å²) in [6.45, 7) is 8.17. The fourth-order valence-corrected chi connectivity index (χ4v) is 3.50. The summed E-state index contributed by atoms with van der Waals surface area (Å²) >= 11 is 0. The first-order chi connectivity index (χ1) is 10.8. The Hall–Kier alpha value is -1.47. The van der Waals surface area contributed by atoms with E-state index in [4.69, 9.17) is 4.74 Å². The number of hydrogen-bond acceptors (Lipinski definition) is 5. The summed E-state index contributed by atoms with van der Waals surface area (Å²) in [6, 6.07) is 0.490. The molecule has 2 fully saturated rings. The molecule has 7 nitrogen and oxygen atoms in total. The van der Waals surface area contributed by atoms with E-state index in [1.54, 1.807) is 11.0 Å². The minimum atomic E-state index is 0.227. The zero-order valence-corrected chi connectivity index (χ0v) is 13.2. The molecular weight excluding hydrogens is 282 g/mol. The van der Waals surface area contributed by atoms with Crippen molar-refractivity contribution in [3.63, 3.8) is 0 Å². The molecule has 2 saturated heterocycles. The summed E-state index contributed by atoms with van der Waals surface area (Å²) in [6.07, 6.45) is 4.77. The lowest BCUT2D eigenvalue weighted by atomic mass is 9.99. The van der Waals surface area contributed by atoms with Crippen LogP contribution in [0.4, 0.5) is 0 Å². The second-order valence-corrected chi connectivity index (χ2v) is 6.09. The molecule has 0 N–H and O–H groups in total. The van der Waals surface area contributed by atoms with Gasteiger partial charge in [-0.15, -0.1) is 0 Å². The number of morpholine rings is 1. The number of carbonyl (C=O) groups excluding carboxylic acids is 1. The van der Waals surface area contributed by atoms with E-state index in [0.29, 0.717) is 24.9 Å². The third-order valence-electron chi connectivity index (χ3n) is 4.82. The lowest BCUT2D eigenvalue weighted by Crippen LogP contribution is -2.47. The Bertz CT molecular complexity index is 472. The molecule has 7 heteroatoms.